The molecule has 1 amide bonds. The quantitative estimate of drug-likeness (QED) is 0.883. The van der Waals surface area contributed by atoms with Gasteiger partial charge in [0.05, 0.1) is 11.3 Å². The van der Waals surface area contributed by atoms with Gasteiger partial charge in [0.25, 0.3) is 5.91 Å². The standard InChI is InChI=1S/C16H18FN3O3/c1-16(2,3)23-15(22)10-5-6-12(11(17)9-10)19-14(21)13-7-8-18-20(13)4/h5-9H,1-4H3,(H,19,21). The van der Waals surface area contributed by atoms with E-state index in [1.54, 1.807) is 27.8 Å². The maximum Gasteiger partial charge on any atom is 0.338 e. The van der Waals surface area contributed by atoms with Crippen LogP contribution in [0, 0.1) is 5.82 Å². The summed E-state index contributed by atoms with van der Waals surface area (Å²) in [6.07, 6.45) is 1.47. The monoisotopic (exact) mass is 319 g/mol. The minimum atomic E-state index is -0.719. The Bertz CT molecular complexity index is 747. The molecule has 0 fully saturated rings. The van der Waals surface area contributed by atoms with Crippen LogP contribution in [-0.4, -0.2) is 27.3 Å². The van der Waals surface area contributed by atoms with Crippen molar-refractivity contribution < 1.29 is 18.7 Å². The fraction of sp³-hybridized carbons (Fsp3) is 0.312. The number of benzene rings is 1. The first-order valence-corrected chi connectivity index (χ1v) is 6.99. The largest absolute Gasteiger partial charge is 0.456 e. The number of aromatic nitrogens is 2. The lowest BCUT2D eigenvalue weighted by atomic mass is 10.1. The average Bonchev–Trinajstić information content (AvgIpc) is 2.85. The van der Waals surface area contributed by atoms with E-state index >= 15 is 0 Å². The number of aryl methyl sites for hydroxylation is 1. The summed E-state index contributed by atoms with van der Waals surface area (Å²) in [6, 6.07) is 5.27. The molecule has 122 valence electrons. The molecule has 7 heteroatoms. The van der Waals surface area contributed by atoms with Crippen molar-refractivity contribution in [2.24, 2.45) is 7.05 Å². The molecule has 1 heterocycles. The molecule has 0 saturated carbocycles. The number of hydrogen-bond acceptors (Lipinski definition) is 4. The number of nitrogens with zero attached hydrogens (tertiary/aromatic N) is 2. The molecule has 0 saturated heterocycles. The second-order valence-electron chi connectivity index (χ2n) is 5.99. The van der Waals surface area contributed by atoms with Crippen molar-refractivity contribution in [1.29, 1.82) is 0 Å². The molecule has 0 bridgehead atoms. The van der Waals surface area contributed by atoms with E-state index in [-0.39, 0.29) is 11.3 Å². The fourth-order valence-corrected chi connectivity index (χ4v) is 1.86. The molecule has 0 aliphatic rings. The van der Waals surface area contributed by atoms with E-state index in [1.165, 1.54) is 29.1 Å². The van der Waals surface area contributed by atoms with Gasteiger partial charge in [0.2, 0.25) is 0 Å². The third-order valence-electron chi connectivity index (χ3n) is 2.91. The highest BCUT2D eigenvalue weighted by molar-refractivity contribution is 6.03. The van der Waals surface area contributed by atoms with Crippen LogP contribution >= 0.6 is 0 Å². The molecule has 2 rings (SSSR count). The van der Waals surface area contributed by atoms with Crippen molar-refractivity contribution in [2.75, 3.05) is 5.32 Å². The lowest BCUT2D eigenvalue weighted by molar-refractivity contribution is 0.00690. The molecule has 1 N–H and O–H groups in total. The van der Waals surface area contributed by atoms with Crippen molar-refractivity contribution >= 4 is 17.6 Å². The van der Waals surface area contributed by atoms with Gasteiger partial charge in [-0.25, -0.2) is 9.18 Å². The Labute approximate surface area is 133 Å². The summed E-state index contributed by atoms with van der Waals surface area (Å²) in [4.78, 5) is 23.9. The van der Waals surface area contributed by atoms with E-state index in [2.05, 4.69) is 10.4 Å². The van der Waals surface area contributed by atoms with Gasteiger partial charge >= 0.3 is 5.97 Å². The smallest absolute Gasteiger partial charge is 0.338 e. The van der Waals surface area contributed by atoms with Crippen LogP contribution in [-0.2, 0) is 11.8 Å². The van der Waals surface area contributed by atoms with Crippen LogP contribution in [0.2, 0.25) is 0 Å². The van der Waals surface area contributed by atoms with Gasteiger partial charge < -0.3 is 10.1 Å². The van der Waals surface area contributed by atoms with E-state index in [0.29, 0.717) is 5.69 Å². The Kier molecular flexibility index (Phi) is 4.49. The Morgan fingerprint density at radius 1 is 1.26 bits per heavy atom. The van der Waals surface area contributed by atoms with E-state index in [0.717, 1.165) is 6.07 Å². The van der Waals surface area contributed by atoms with E-state index in [1.807, 2.05) is 0 Å². The van der Waals surface area contributed by atoms with Crippen molar-refractivity contribution in [3.05, 3.63) is 47.5 Å². The molecule has 2 aromatic rings. The third-order valence-corrected chi connectivity index (χ3v) is 2.91. The van der Waals surface area contributed by atoms with Gasteiger partial charge in [0.1, 0.15) is 17.1 Å². The molecule has 0 spiro atoms. The van der Waals surface area contributed by atoms with Crippen molar-refractivity contribution in [3.8, 4) is 0 Å². The fourth-order valence-electron chi connectivity index (χ4n) is 1.86. The Morgan fingerprint density at radius 3 is 2.48 bits per heavy atom. The van der Waals surface area contributed by atoms with Crippen molar-refractivity contribution in [3.63, 3.8) is 0 Å². The van der Waals surface area contributed by atoms with Crippen molar-refractivity contribution in [1.82, 2.24) is 9.78 Å². The zero-order valence-electron chi connectivity index (χ0n) is 13.4. The number of ether oxygens (including phenoxy) is 1. The van der Waals surface area contributed by atoms with Crippen LogP contribution in [0.4, 0.5) is 10.1 Å². The number of anilines is 1. The van der Waals surface area contributed by atoms with Gasteiger partial charge in [-0.15, -0.1) is 0 Å². The van der Waals surface area contributed by atoms with Crippen LogP contribution in [0.15, 0.2) is 30.5 Å². The predicted octanol–water partition coefficient (Wildman–Crippen LogP) is 2.77. The number of nitrogens with one attached hydrogen (secondary N) is 1. The number of hydrogen-bond donors (Lipinski definition) is 1. The van der Waals surface area contributed by atoms with E-state index in [4.69, 9.17) is 4.74 Å². The molecule has 0 radical (unpaired) electrons. The SMILES string of the molecule is Cn1nccc1C(=O)Nc1ccc(C(=O)OC(C)(C)C)cc1F. The Balaban J connectivity index is 2.15. The number of rotatable bonds is 3. The summed E-state index contributed by atoms with van der Waals surface area (Å²) in [5.74, 6) is -1.83. The average molecular weight is 319 g/mol. The normalized spacial score (nSPS) is 11.2. The van der Waals surface area contributed by atoms with Crippen LogP contribution < -0.4 is 5.32 Å². The molecular weight excluding hydrogens is 301 g/mol. The second-order valence-corrected chi connectivity index (χ2v) is 5.99. The minimum Gasteiger partial charge on any atom is -0.456 e. The van der Waals surface area contributed by atoms with Gasteiger partial charge in [-0.1, -0.05) is 0 Å². The van der Waals surface area contributed by atoms with Gasteiger partial charge in [-0.05, 0) is 45.0 Å². The first-order valence-electron chi connectivity index (χ1n) is 6.99. The molecule has 23 heavy (non-hydrogen) atoms. The molecule has 0 unspecified atom stereocenters. The molecule has 6 nitrogen and oxygen atoms in total. The molecule has 0 aliphatic heterocycles. The van der Waals surface area contributed by atoms with E-state index in [9.17, 15) is 14.0 Å². The first-order chi connectivity index (χ1) is 10.7. The van der Waals surface area contributed by atoms with Crippen LogP contribution in [0.5, 0.6) is 0 Å². The van der Waals surface area contributed by atoms with Gasteiger partial charge in [-0.2, -0.15) is 5.10 Å². The molecule has 1 aromatic heterocycles. The maximum absolute atomic E-state index is 14.1. The third kappa shape index (κ3) is 4.15. The summed E-state index contributed by atoms with van der Waals surface area (Å²) in [7, 11) is 1.61. The van der Waals surface area contributed by atoms with Crippen molar-refractivity contribution in [2.45, 2.75) is 26.4 Å². The highest BCUT2D eigenvalue weighted by Gasteiger charge is 2.19. The first kappa shape index (κ1) is 16.7. The number of carbonyl (C=O) groups excluding carboxylic acids is 2. The number of esters is 1. The zero-order chi connectivity index (χ0) is 17.2. The van der Waals surface area contributed by atoms with Crippen LogP contribution in [0.1, 0.15) is 41.6 Å². The lowest BCUT2D eigenvalue weighted by Gasteiger charge is -2.19. The molecule has 0 aliphatic carbocycles. The molecule has 1 aromatic carbocycles. The number of halogens is 1. The Hall–Kier alpha value is -2.70. The summed E-state index contributed by atoms with van der Waals surface area (Å²) in [5.41, 5.74) is -0.319. The topological polar surface area (TPSA) is 73.2 Å². The highest BCUT2D eigenvalue weighted by Crippen LogP contribution is 2.19. The van der Waals surface area contributed by atoms with Gasteiger partial charge in [0.15, 0.2) is 0 Å². The van der Waals surface area contributed by atoms with Gasteiger partial charge in [-0.3, -0.25) is 9.48 Å². The number of amides is 1. The summed E-state index contributed by atoms with van der Waals surface area (Å²) in [5, 5.41) is 6.31. The minimum absolute atomic E-state index is 0.0245. The van der Waals surface area contributed by atoms with Crippen LogP contribution in [0.3, 0.4) is 0 Å². The zero-order valence-corrected chi connectivity index (χ0v) is 13.4. The molecule has 0 atom stereocenters. The maximum atomic E-state index is 14.1. The highest BCUT2D eigenvalue weighted by atomic mass is 19.1. The summed E-state index contributed by atoms with van der Waals surface area (Å²) >= 11 is 0. The van der Waals surface area contributed by atoms with Gasteiger partial charge in [0, 0.05) is 13.2 Å². The van der Waals surface area contributed by atoms with E-state index < -0.39 is 23.3 Å². The second kappa shape index (κ2) is 6.20. The summed E-state index contributed by atoms with van der Waals surface area (Å²) < 4.78 is 20.6. The molecular formula is C16H18FN3O3. The number of carbonyl (C=O) groups is 2. The predicted molar refractivity (Wildman–Crippen MR) is 82.7 cm³/mol. The Morgan fingerprint density at radius 2 is 1.96 bits per heavy atom. The summed E-state index contributed by atoms with van der Waals surface area (Å²) in [6.45, 7) is 5.18. The van der Waals surface area contributed by atoms with Crippen LogP contribution in [0.25, 0.3) is 0 Å². The lowest BCUT2D eigenvalue weighted by Crippen LogP contribution is -2.24.